The molecule has 0 aliphatic rings. The number of rotatable bonds is 8. The lowest BCUT2D eigenvalue weighted by atomic mass is 10.2. The molecular formula is C17H22Cl3NO. The topological polar surface area (TPSA) is 25.2 Å². The van der Waals surface area contributed by atoms with Crippen LogP contribution in [-0.4, -0.2) is 6.54 Å². The van der Waals surface area contributed by atoms with Crippen molar-refractivity contribution in [2.45, 2.75) is 39.2 Å². The van der Waals surface area contributed by atoms with Crippen LogP contribution < -0.4 is 5.32 Å². The zero-order valence-electron chi connectivity index (χ0n) is 12.7. The summed E-state index contributed by atoms with van der Waals surface area (Å²) >= 11 is 12.2. The quantitative estimate of drug-likeness (QED) is 0.554. The molecule has 0 aliphatic heterocycles. The summed E-state index contributed by atoms with van der Waals surface area (Å²) in [4.78, 5) is 0. The molecule has 1 aromatic heterocycles. The lowest BCUT2D eigenvalue weighted by molar-refractivity contribution is 0.487. The van der Waals surface area contributed by atoms with Crippen LogP contribution in [-0.2, 0) is 6.54 Å². The van der Waals surface area contributed by atoms with E-state index in [9.17, 15) is 0 Å². The van der Waals surface area contributed by atoms with Gasteiger partial charge in [0.25, 0.3) is 0 Å². The summed E-state index contributed by atoms with van der Waals surface area (Å²) in [6, 6.07) is 9.30. The van der Waals surface area contributed by atoms with Gasteiger partial charge in [0.2, 0.25) is 0 Å². The van der Waals surface area contributed by atoms with Crippen molar-refractivity contribution in [1.82, 2.24) is 5.32 Å². The summed E-state index contributed by atoms with van der Waals surface area (Å²) in [6.07, 6.45) is 5.06. The van der Waals surface area contributed by atoms with Crippen LogP contribution in [0.15, 0.2) is 34.7 Å². The second-order valence-corrected chi connectivity index (χ2v) is 5.97. The highest BCUT2D eigenvalue weighted by Crippen LogP contribution is 2.31. The Labute approximate surface area is 148 Å². The molecule has 0 bridgehead atoms. The van der Waals surface area contributed by atoms with E-state index in [0.29, 0.717) is 10.0 Å². The van der Waals surface area contributed by atoms with Crippen LogP contribution in [0.2, 0.25) is 10.0 Å². The molecule has 0 spiro atoms. The first-order valence-electron chi connectivity index (χ1n) is 7.45. The van der Waals surface area contributed by atoms with Gasteiger partial charge in [0.1, 0.15) is 11.5 Å². The number of halogens is 3. The van der Waals surface area contributed by atoms with E-state index in [1.54, 1.807) is 12.1 Å². The van der Waals surface area contributed by atoms with Crippen LogP contribution >= 0.6 is 35.6 Å². The molecule has 22 heavy (non-hydrogen) atoms. The maximum atomic E-state index is 6.18. The number of hydrogen-bond donors (Lipinski definition) is 1. The molecule has 0 atom stereocenters. The summed E-state index contributed by atoms with van der Waals surface area (Å²) in [5.74, 6) is 1.67. The largest absolute Gasteiger partial charge is 0.460 e. The molecule has 2 aromatic rings. The summed E-state index contributed by atoms with van der Waals surface area (Å²) in [5.41, 5.74) is 0.832. The predicted molar refractivity (Wildman–Crippen MR) is 97.3 cm³/mol. The highest BCUT2D eigenvalue weighted by molar-refractivity contribution is 6.35. The van der Waals surface area contributed by atoms with E-state index in [4.69, 9.17) is 27.6 Å². The normalized spacial score (nSPS) is 10.5. The number of hydrogen-bond acceptors (Lipinski definition) is 2. The van der Waals surface area contributed by atoms with Gasteiger partial charge in [0, 0.05) is 10.6 Å². The second-order valence-electron chi connectivity index (χ2n) is 5.13. The minimum Gasteiger partial charge on any atom is -0.460 e. The van der Waals surface area contributed by atoms with Gasteiger partial charge in [-0.25, -0.2) is 0 Å². The molecule has 1 heterocycles. The fourth-order valence-electron chi connectivity index (χ4n) is 2.19. The van der Waals surface area contributed by atoms with E-state index in [0.717, 1.165) is 30.2 Å². The SMILES string of the molecule is CCCCCCNCc1ccc(-c2cc(Cl)ccc2Cl)o1.Cl. The first kappa shape index (κ1) is 19.4. The van der Waals surface area contributed by atoms with E-state index in [1.165, 1.54) is 25.7 Å². The van der Waals surface area contributed by atoms with Crippen LogP contribution in [0.3, 0.4) is 0 Å². The van der Waals surface area contributed by atoms with Gasteiger partial charge in [-0.05, 0) is 43.3 Å². The van der Waals surface area contributed by atoms with Gasteiger partial charge in [0.05, 0.1) is 11.6 Å². The van der Waals surface area contributed by atoms with Crippen molar-refractivity contribution in [3.8, 4) is 11.3 Å². The van der Waals surface area contributed by atoms with E-state index in [1.807, 2.05) is 18.2 Å². The van der Waals surface area contributed by atoms with Crippen molar-refractivity contribution in [3.63, 3.8) is 0 Å². The van der Waals surface area contributed by atoms with Crippen molar-refractivity contribution in [2.24, 2.45) is 0 Å². The van der Waals surface area contributed by atoms with Crippen molar-refractivity contribution >= 4 is 35.6 Å². The van der Waals surface area contributed by atoms with Gasteiger partial charge in [-0.1, -0.05) is 49.4 Å². The molecule has 2 rings (SSSR count). The standard InChI is InChI=1S/C17H21Cl2NO.ClH/c1-2-3-4-5-10-20-12-14-7-9-17(21-14)15-11-13(18)6-8-16(15)19;/h6-9,11,20H,2-5,10,12H2,1H3;1H. The lowest BCUT2D eigenvalue weighted by Gasteiger charge is -2.03. The predicted octanol–water partition coefficient (Wildman–Crippen LogP) is 6.35. The second kappa shape index (κ2) is 10.2. The van der Waals surface area contributed by atoms with Gasteiger partial charge < -0.3 is 9.73 Å². The van der Waals surface area contributed by atoms with Crippen LogP contribution in [0.25, 0.3) is 11.3 Å². The molecule has 0 unspecified atom stereocenters. The Morgan fingerprint density at radius 1 is 1.05 bits per heavy atom. The zero-order chi connectivity index (χ0) is 15.1. The molecule has 0 saturated carbocycles. The highest BCUT2D eigenvalue weighted by atomic mass is 35.5. The Balaban J connectivity index is 0.00000242. The van der Waals surface area contributed by atoms with Crippen LogP contribution in [0.4, 0.5) is 0 Å². The smallest absolute Gasteiger partial charge is 0.135 e. The lowest BCUT2D eigenvalue weighted by Crippen LogP contribution is -2.14. The Hall–Kier alpha value is -0.670. The van der Waals surface area contributed by atoms with E-state index in [-0.39, 0.29) is 12.4 Å². The number of furan rings is 1. The van der Waals surface area contributed by atoms with Crippen LogP contribution in [0.5, 0.6) is 0 Å². The molecule has 122 valence electrons. The third kappa shape index (κ3) is 5.85. The Kier molecular flexibility index (Phi) is 8.96. The first-order valence-corrected chi connectivity index (χ1v) is 8.21. The monoisotopic (exact) mass is 361 g/mol. The third-order valence-corrected chi connectivity index (χ3v) is 3.93. The van der Waals surface area contributed by atoms with E-state index in [2.05, 4.69) is 12.2 Å². The molecule has 0 saturated heterocycles. The van der Waals surface area contributed by atoms with Crippen molar-refractivity contribution < 1.29 is 4.42 Å². The Morgan fingerprint density at radius 3 is 2.64 bits per heavy atom. The fraction of sp³-hybridized carbons (Fsp3) is 0.412. The summed E-state index contributed by atoms with van der Waals surface area (Å²) in [6.45, 7) is 3.98. The Bertz CT molecular complexity index is 569. The molecule has 0 radical (unpaired) electrons. The molecule has 1 N–H and O–H groups in total. The Morgan fingerprint density at radius 2 is 1.86 bits per heavy atom. The maximum absolute atomic E-state index is 6.18. The van der Waals surface area contributed by atoms with Crippen molar-refractivity contribution in [3.05, 3.63) is 46.1 Å². The highest BCUT2D eigenvalue weighted by Gasteiger charge is 2.09. The van der Waals surface area contributed by atoms with E-state index < -0.39 is 0 Å². The summed E-state index contributed by atoms with van der Waals surface area (Å²) in [5, 5.41) is 4.70. The van der Waals surface area contributed by atoms with Gasteiger partial charge in [-0.15, -0.1) is 12.4 Å². The fourth-order valence-corrected chi connectivity index (χ4v) is 2.58. The summed E-state index contributed by atoms with van der Waals surface area (Å²) in [7, 11) is 0. The molecule has 5 heteroatoms. The van der Waals surface area contributed by atoms with Crippen LogP contribution in [0.1, 0.15) is 38.4 Å². The number of unbranched alkanes of at least 4 members (excludes halogenated alkanes) is 3. The van der Waals surface area contributed by atoms with Crippen molar-refractivity contribution in [1.29, 1.82) is 0 Å². The number of benzene rings is 1. The van der Waals surface area contributed by atoms with Crippen LogP contribution in [0, 0.1) is 0 Å². The molecular weight excluding hydrogens is 341 g/mol. The zero-order valence-corrected chi connectivity index (χ0v) is 15.0. The van der Waals surface area contributed by atoms with Gasteiger partial charge in [-0.2, -0.15) is 0 Å². The van der Waals surface area contributed by atoms with Crippen molar-refractivity contribution in [2.75, 3.05) is 6.54 Å². The molecule has 0 fully saturated rings. The number of nitrogens with one attached hydrogen (secondary N) is 1. The minimum atomic E-state index is 0. The average Bonchev–Trinajstić information content (AvgIpc) is 2.94. The molecule has 0 aliphatic carbocycles. The average molecular weight is 363 g/mol. The summed E-state index contributed by atoms with van der Waals surface area (Å²) < 4.78 is 5.83. The minimum absolute atomic E-state index is 0. The maximum Gasteiger partial charge on any atom is 0.135 e. The molecule has 0 amide bonds. The molecule has 1 aromatic carbocycles. The first-order chi connectivity index (χ1) is 10.2. The van der Waals surface area contributed by atoms with Gasteiger partial charge in [0.15, 0.2) is 0 Å². The molecule has 2 nitrogen and oxygen atoms in total. The third-order valence-electron chi connectivity index (χ3n) is 3.36. The van der Waals surface area contributed by atoms with E-state index >= 15 is 0 Å². The van der Waals surface area contributed by atoms with Gasteiger partial charge in [-0.3, -0.25) is 0 Å². The van der Waals surface area contributed by atoms with Gasteiger partial charge >= 0.3 is 0 Å².